The lowest BCUT2D eigenvalue weighted by Crippen LogP contribution is -2.18. The molecule has 0 fully saturated rings. The van der Waals surface area contributed by atoms with Crippen molar-refractivity contribution in [1.82, 2.24) is 4.57 Å². The molecule has 0 aliphatic rings. The SMILES string of the molecule is COc1cccc(NC(=O)c2ccccc2NC(=O)c2cc(C)n(Cc3ccco3)c2C)c1. The molecule has 0 aliphatic heterocycles. The molecule has 7 nitrogen and oxygen atoms in total. The largest absolute Gasteiger partial charge is 0.497 e. The Balaban J connectivity index is 1.54. The number of anilines is 2. The Morgan fingerprint density at radius 2 is 1.70 bits per heavy atom. The first-order valence-electron chi connectivity index (χ1n) is 10.5. The Bertz CT molecular complexity index is 1290. The van der Waals surface area contributed by atoms with Gasteiger partial charge in [0.15, 0.2) is 0 Å². The third kappa shape index (κ3) is 4.82. The molecule has 0 atom stereocenters. The van der Waals surface area contributed by atoms with Crippen LogP contribution >= 0.6 is 0 Å². The predicted molar refractivity (Wildman–Crippen MR) is 127 cm³/mol. The lowest BCUT2D eigenvalue weighted by atomic mass is 10.1. The Morgan fingerprint density at radius 1 is 0.909 bits per heavy atom. The number of para-hydroxylation sites is 1. The third-order valence-corrected chi connectivity index (χ3v) is 5.46. The van der Waals surface area contributed by atoms with Gasteiger partial charge in [-0.05, 0) is 56.3 Å². The van der Waals surface area contributed by atoms with E-state index in [0.717, 1.165) is 17.1 Å². The van der Waals surface area contributed by atoms with E-state index in [1.807, 2.05) is 36.6 Å². The van der Waals surface area contributed by atoms with Gasteiger partial charge in [-0.1, -0.05) is 18.2 Å². The highest BCUT2D eigenvalue weighted by atomic mass is 16.5. The highest BCUT2D eigenvalue weighted by molar-refractivity contribution is 6.12. The number of rotatable bonds is 7. The average molecular weight is 444 g/mol. The van der Waals surface area contributed by atoms with E-state index in [2.05, 4.69) is 10.6 Å². The van der Waals surface area contributed by atoms with Crippen LogP contribution < -0.4 is 15.4 Å². The first-order chi connectivity index (χ1) is 16.0. The van der Waals surface area contributed by atoms with Crippen LogP contribution in [0.3, 0.4) is 0 Å². The van der Waals surface area contributed by atoms with Crippen LogP contribution in [0.2, 0.25) is 0 Å². The quantitative estimate of drug-likeness (QED) is 0.408. The minimum absolute atomic E-state index is 0.282. The number of methoxy groups -OCH3 is 1. The van der Waals surface area contributed by atoms with Crippen molar-refractivity contribution in [3.63, 3.8) is 0 Å². The van der Waals surface area contributed by atoms with Gasteiger partial charge in [-0.15, -0.1) is 0 Å². The van der Waals surface area contributed by atoms with Crippen LogP contribution in [0.25, 0.3) is 0 Å². The van der Waals surface area contributed by atoms with Crippen molar-refractivity contribution < 1.29 is 18.7 Å². The minimum atomic E-state index is -0.331. The molecule has 0 bridgehead atoms. The number of aromatic nitrogens is 1. The van der Waals surface area contributed by atoms with E-state index in [0.29, 0.717) is 34.8 Å². The number of aryl methyl sites for hydroxylation is 1. The molecule has 0 saturated carbocycles. The van der Waals surface area contributed by atoms with E-state index in [4.69, 9.17) is 9.15 Å². The Hall–Kier alpha value is -4.26. The summed E-state index contributed by atoms with van der Waals surface area (Å²) in [6.07, 6.45) is 1.63. The van der Waals surface area contributed by atoms with E-state index in [-0.39, 0.29) is 11.8 Å². The first kappa shape index (κ1) is 22.0. The van der Waals surface area contributed by atoms with Crippen LogP contribution in [0.5, 0.6) is 5.75 Å². The molecular weight excluding hydrogens is 418 g/mol. The molecule has 2 amide bonds. The number of nitrogens with zero attached hydrogens (tertiary/aromatic N) is 1. The van der Waals surface area contributed by atoms with Crippen molar-refractivity contribution in [3.05, 3.63) is 101 Å². The molecule has 7 heteroatoms. The molecule has 2 aromatic carbocycles. The zero-order valence-corrected chi connectivity index (χ0v) is 18.7. The van der Waals surface area contributed by atoms with Crippen molar-refractivity contribution in [2.45, 2.75) is 20.4 Å². The Labute approximate surface area is 192 Å². The van der Waals surface area contributed by atoms with Gasteiger partial charge < -0.3 is 24.4 Å². The smallest absolute Gasteiger partial charge is 0.257 e. The van der Waals surface area contributed by atoms with Gasteiger partial charge in [0.05, 0.1) is 36.7 Å². The van der Waals surface area contributed by atoms with E-state index < -0.39 is 0 Å². The zero-order valence-electron chi connectivity index (χ0n) is 18.7. The molecule has 0 saturated heterocycles. The van der Waals surface area contributed by atoms with Crippen molar-refractivity contribution in [1.29, 1.82) is 0 Å². The lowest BCUT2D eigenvalue weighted by molar-refractivity contribution is 0.102. The summed E-state index contributed by atoms with van der Waals surface area (Å²) in [6.45, 7) is 4.38. The number of benzene rings is 2. The second-order valence-corrected chi connectivity index (χ2v) is 7.64. The van der Waals surface area contributed by atoms with Crippen LogP contribution in [0.15, 0.2) is 77.4 Å². The average Bonchev–Trinajstić information content (AvgIpc) is 3.43. The molecule has 2 N–H and O–H groups in total. The molecule has 0 radical (unpaired) electrons. The maximum atomic E-state index is 13.1. The van der Waals surface area contributed by atoms with Crippen molar-refractivity contribution in [2.24, 2.45) is 0 Å². The van der Waals surface area contributed by atoms with Crippen molar-refractivity contribution in [2.75, 3.05) is 17.7 Å². The van der Waals surface area contributed by atoms with Gasteiger partial charge in [0, 0.05) is 23.1 Å². The fourth-order valence-corrected chi connectivity index (χ4v) is 3.71. The number of amides is 2. The number of carbonyl (C=O) groups excluding carboxylic acids is 2. The molecule has 4 aromatic rings. The first-order valence-corrected chi connectivity index (χ1v) is 10.5. The van der Waals surface area contributed by atoms with Gasteiger partial charge in [0.1, 0.15) is 11.5 Å². The Kier molecular flexibility index (Phi) is 6.31. The molecule has 33 heavy (non-hydrogen) atoms. The summed E-state index contributed by atoms with van der Waals surface area (Å²) in [4.78, 5) is 26.1. The van der Waals surface area contributed by atoms with E-state index in [1.165, 1.54) is 0 Å². The van der Waals surface area contributed by atoms with Crippen LogP contribution in [-0.2, 0) is 6.54 Å². The van der Waals surface area contributed by atoms with E-state index >= 15 is 0 Å². The van der Waals surface area contributed by atoms with Gasteiger partial charge in [-0.3, -0.25) is 9.59 Å². The van der Waals surface area contributed by atoms with Crippen LogP contribution in [0, 0.1) is 13.8 Å². The lowest BCUT2D eigenvalue weighted by Gasteiger charge is -2.12. The summed E-state index contributed by atoms with van der Waals surface area (Å²) in [5.41, 5.74) is 3.69. The highest BCUT2D eigenvalue weighted by Gasteiger charge is 2.19. The zero-order chi connectivity index (χ0) is 23.4. The van der Waals surface area contributed by atoms with Crippen molar-refractivity contribution >= 4 is 23.2 Å². The van der Waals surface area contributed by atoms with E-state index in [9.17, 15) is 9.59 Å². The number of furan rings is 1. The fraction of sp³-hybridized carbons (Fsp3) is 0.154. The van der Waals surface area contributed by atoms with Crippen LogP contribution in [-0.4, -0.2) is 23.5 Å². The summed E-state index contributed by atoms with van der Waals surface area (Å²) >= 11 is 0. The second-order valence-electron chi connectivity index (χ2n) is 7.64. The third-order valence-electron chi connectivity index (χ3n) is 5.46. The summed E-state index contributed by atoms with van der Waals surface area (Å²) in [5.74, 6) is 0.834. The number of nitrogens with one attached hydrogen (secondary N) is 2. The number of carbonyl (C=O) groups is 2. The summed E-state index contributed by atoms with van der Waals surface area (Å²) in [5, 5.41) is 5.75. The topological polar surface area (TPSA) is 85.5 Å². The molecule has 0 aliphatic carbocycles. The summed E-state index contributed by atoms with van der Waals surface area (Å²) in [6, 6.07) is 19.6. The highest BCUT2D eigenvalue weighted by Crippen LogP contribution is 2.23. The van der Waals surface area contributed by atoms with Crippen LogP contribution in [0.4, 0.5) is 11.4 Å². The number of hydrogen-bond donors (Lipinski definition) is 2. The minimum Gasteiger partial charge on any atom is -0.497 e. The number of ether oxygens (including phenoxy) is 1. The maximum absolute atomic E-state index is 13.1. The molecule has 2 heterocycles. The standard InChI is InChI=1S/C26H25N3O4/c1-17-14-23(18(2)29(17)16-21-10-7-13-33-21)26(31)28-24-12-5-4-11-22(24)25(30)27-19-8-6-9-20(15-19)32-3/h4-15H,16H2,1-3H3,(H,27,30)(H,28,31). The summed E-state index contributed by atoms with van der Waals surface area (Å²) in [7, 11) is 1.57. The van der Waals surface area contributed by atoms with Crippen LogP contribution in [0.1, 0.15) is 37.9 Å². The van der Waals surface area contributed by atoms with Gasteiger partial charge in [0.2, 0.25) is 0 Å². The molecule has 0 spiro atoms. The number of hydrogen-bond acceptors (Lipinski definition) is 4. The maximum Gasteiger partial charge on any atom is 0.257 e. The van der Waals surface area contributed by atoms with Gasteiger partial charge in [0.25, 0.3) is 11.8 Å². The fourth-order valence-electron chi connectivity index (χ4n) is 3.71. The Morgan fingerprint density at radius 3 is 2.45 bits per heavy atom. The molecular formula is C26H25N3O4. The van der Waals surface area contributed by atoms with Crippen molar-refractivity contribution in [3.8, 4) is 5.75 Å². The normalized spacial score (nSPS) is 10.6. The predicted octanol–water partition coefficient (Wildman–Crippen LogP) is 5.26. The second kappa shape index (κ2) is 9.48. The van der Waals surface area contributed by atoms with E-state index in [1.54, 1.807) is 61.9 Å². The van der Waals surface area contributed by atoms with Gasteiger partial charge in [-0.25, -0.2) is 0 Å². The molecule has 0 unspecified atom stereocenters. The monoisotopic (exact) mass is 443 g/mol. The molecule has 4 rings (SSSR count). The van der Waals surface area contributed by atoms with Gasteiger partial charge in [-0.2, -0.15) is 0 Å². The summed E-state index contributed by atoms with van der Waals surface area (Å²) < 4.78 is 12.7. The molecule has 2 aromatic heterocycles. The molecule has 168 valence electrons. The van der Waals surface area contributed by atoms with Gasteiger partial charge >= 0.3 is 0 Å².